The highest BCUT2D eigenvalue weighted by Crippen LogP contribution is 2.36. The maximum Gasteiger partial charge on any atom is 0.436 e. The third-order valence-corrected chi connectivity index (χ3v) is 4.18. The molecule has 9 heteroatoms. The van der Waals surface area contributed by atoms with Crippen LogP contribution in [-0.2, 0) is 11.0 Å². The van der Waals surface area contributed by atoms with Gasteiger partial charge in [-0.15, -0.1) is 0 Å². The number of aromatic nitrogens is 3. The molecule has 0 aliphatic heterocycles. The molecule has 0 radical (unpaired) electrons. The minimum atomic E-state index is -4.59. The number of alkyl halides is 3. The molecule has 1 unspecified atom stereocenters. The van der Waals surface area contributed by atoms with Crippen LogP contribution in [0.15, 0.2) is 22.7 Å². The highest BCUT2D eigenvalue weighted by atomic mass is 79.9. The van der Waals surface area contributed by atoms with Crippen molar-refractivity contribution < 1.29 is 18.0 Å². The van der Waals surface area contributed by atoms with Crippen molar-refractivity contribution in [2.75, 3.05) is 5.32 Å². The number of halogens is 4. The van der Waals surface area contributed by atoms with Gasteiger partial charge in [-0.1, -0.05) is 6.07 Å². The molecule has 2 heterocycles. The number of hydrogen-bond acceptors (Lipinski definition) is 3. The minimum absolute atomic E-state index is 0.168. The molecule has 0 spiro atoms. The van der Waals surface area contributed by atoms with E-state index in [1.807, 2.05) is 0 Å². The van der Waals surface area contributed by atoms with Crippen molar-refractivity contribution in [2.24, 2.45) is 0 Å². The number of carbonyl (C=O) groups is 1. The normalized spacial score (nSPS) is 13.0. The number of aryl methyl sites for hydroxylation is 1. The molecular formula is C14H14BrF3N4O. The number of rotatable bonds is 3. The average Bonchev–Trinajstić information content (AvgIpc) is 2.74. The first-order chi connectivity index (χ1) is 10.6. The van der Waals surface area contributed by atoms with Crippen molar-refractivity contribution in [3.63, 3.8) is 0 Å². The van der Waals surface area contributed by atoms with Gasteiger partial charge in [-0.05, 0) is 48.8 Å². The second-order valence-corrected chi connectivity index (χ2v) is 5.81. The monoisotopic (exact) mass is 390 g/mol. The maximum atomic E-state index is 12.9. The van der Waals surface area contributed by atoms with Gasteiger partial charge in [-0.25, -0.2) is 4.98 Å². The fourth-order valence-electron chi connectivity index (χ4n) is 2.01. The summed E-state index contributed by atoms with van der Waals surface area (Å²) in [6, 6.07) is 4.17. The van der Waals surface area contributed by atoms with Crippen molar-refractivity contribution in [3.05, 3.63) is 39.8 Å². The van der Waals surface area contributed by atoms with Gasteiger partial charge in [0, 0.05) is 5.69 Å². The largest absolute Gasteiger partial charge is 0.436 e. The summed E-state index contributed by atoms with van der Waals surface area (Å²) in [5.41, 5.74) is -0.117. The fourth-order valence-corrected chi connectivity index (χ4v) is 2.50. The fraction of sp³-hybridized carbons (Fsp3) is 0.357. The van der Waals surface area contributed by atoms with Gasteiger partial charge in [0.15, 0.2) is 5.69 Å². The quantitative estimate of drug-likeness (QED) is 0.864. The number of amides is 1. The number of hydrogen-bond donors (Lipinski definition) is 1. The minimum Gasteiger partial charge on any atom is -0.309 e. The molecule has 2 aromatic rings. The number of nitrogens with one attached hydrogen (secondary N) is 1. The van der Waals surface area contributed by atoms with Crippen LogP contribution >= 0.6 is 15.9 Å². The van der Waals surface area contributed by atoms with E-state index in [9.17, 15) is 18.0 Å². The summed E-state index contributed by atoms with van der Waals surface area (Å²) < 4.78 is 39.5. The summed E-state index contributed by atoms with van der Waals surface area (Å²) in [5.74, 6) is -0.170. The molecule has 1 amide bonds. The molecule has 2 rings (SSSR count). The van der Waals surface area contributed by atoms with Crippen LogP contribution in [0, 0.1) is 13.8 Å². The topological polar surface area (TPSA) is 59.8 Å². The Morgan fingerprint density at radius 1 is 1.35 bits per heavy atom. The lowest BCUT2D eigenvalue weighted by Crippen LogP contribution is -2.26. The van der Waals surface area contributed by atoms with Crippen LogP contribution in [0.4, 0.5) is 19.0 Å². The van der Waals surface area contributed by atoms with Crippen LogP contribution in [0.1, 0.15) is 30.0 Å². The third kappa shape index (κ3) is 3.72. The zero-order valence-electron chi connectivity index (χ0n) is 12.6. The molecule has 0 aromatic carbocycles. The third-order valence-electron chi connectivity index (χ3n) is 3.23. The summed E-state index contributed by atoms with van der Waals surface area (Å²) in [4.78, 5) is 16.4. The average molecular weight is 391 g/mol. The van der Waals surface area contributed by atoms with Crippen LogP contribution in [0.5, 0.6) is 0 Å². The lowest BCUT2D eigenvalue weighted by molar-refractivity contribution is -0.142. The Balaban J connectivity index is 2.26. The van der Waals surface area contributed by atoms with Crippen molar-refractivity contribution in [2.45, 2.75) is 33.0 Å². The van der Waals surface area contributed by atoms with Crippen LogP contribution < -0.4 is 5.32 Å². The molecule has 23 heavy (non-hydrogen) atoms. The highest BCUT2D eigenvalue weighted by molar-refractivity contribution is 9.10. The second-order valence-electron chi connectivity index (χ2n) is 5.02. The predicted octanol–water partition coefficient (Wildman–Crippen LogP) is 3.88. The molecule has 2 aromatic heterocycles. The maximum absolute atomic E-state index is 12.9. The zero-order valence-corrected chi connectivity index (χ0v) is 14.2. The molecule has 0 bridgehead atoms. The molecule has 1 N–H and O–H groups in total. The number of pyridine rings is 1. The molecule has 1 atom stereocenters. The Bertz CT molecular complexity index is 742. The van der Waals surface area contributed by atoms with E-state index >= 15 is 0 Å². The van der Waals surface area contributed by atoms with Gasteiger partial charge < -0.3 is 5.32 Å². The molecule has 0 saturated carbocycles. The second kappa shape index (κ2) is 6.31. The number of nitrogens with zero attached hydrogens (tertiary/aromatic N) is 3. The Morgan fingerprint density at radius 3 is 2.52 bits per heavy atom. The van der Waals surface area contributed by atoms with Gasteiger partial charge in [0.25, 0.3) is 0 Å². The van der Waals surface area contributed by atoms with E-state index in [-0.39, 0.29) is 10.2 Å². The summed E-state index contributed by atoms with van der Waals surface area (Å²) in [5, 5.41) is 6.09. The molecule has 124 valence electrons. The van der Waals surface area contributed by atoms with Gasteiger partial charge in [0.05, 0.1) is 10.2 Å². The van der Waals surface area contributed by atoms with Gasteiger partial charge in [0.2, 0.25) is 5.91 Å². The first kappa shape index (κ1) is 17.5. The van der Waals surface area contributed by atoms with Gasteiger partial charge >= 0.3 is 6.18 Å². The van der Waals surface area contributed by atoms with E-state index in [2.05, 4.69) is 31.3 Å². The van der Waals surface area contributed by atoms with E-state index < -0.39 is 23.8 Å². The number of anilines is 1. The van der Waals surface area contributed by atoms with Crippen LogP contribution in [-0.4, -0.2) is 20.7 Å². The number of carbonyl (C=O) groups excluding carboxylic acids is 1. The van der Waals surface area contributed by atoms with Crippen molar-refractivity contribution in [1.29, 1.82) is 0 Å². The highest BCUT2D eigenvalue weighted by Gasteiger charge is 2.38. The first-order valence-corrected chi connectivity index (χ1v) is 7.47. The SMILES string of the molecule is Cc1cccc(NC(=O)C(C)n2nc(C(F)(F)F)c(Br)c2C)n1. The summed E-state index contributed by atoms with van der Waals surface area (Å²) in [7, 11) is 0. The Morgan fingerprint density at radius 2 is 2.00 bits per heavy atom. The Kier molecular flexibility index (Phi) is 4.79. The van der Waals surface area contributed by atoms with Crippen molar-refractivity contribution in [1.82, 2.24) is 14.8 Å². The van der Waals surface area contributed by atoms with Gasteiger partial charge in [-0.2, -0.15) is 18.3 Å². The Hall–Kier alpha value is -1.90. The van der Waals surface area contributed by atoms with Crippen molar-refractivity contribution in [3.8, 4) is 0 Å². The molecule has 0 aliphatic carbocycles. The summed E-state index contributed by atoms with van der Waals surface area (Å²) in [6.45, 7) is 4.70. The molecule has 5 nitrogen and oxygen atoms in total. The lowest BCUT2D eigenvalue weighted by Gasteiger charge is -2.14. The van der Waals surface area contributed by atoms with Gasteiger partial charge in [0.1, 0.15) is 11.9 Å². The molecule has 0 fully saturated rings. The molecule has 0 saturated heterocycles. The van der Waals surface area contributed by atoms with E-state index in [1.54, 1.807) is 25.1 Å². The molecule has 0 aliphatic rings. The Labute approximate surface area is 139 Å². The van der Waals surface area contributed by atoms with Crippen LogP contribution in [0.25, 0.3) is 0 Å². The predicted molar refractivity (Wildman–Crippen MR) is 82.0 cm³/mol. The van der Waals surface area contributed by atoms with Crippen LogP contribution in [0.2, 0.25) is 0 Å². The van der Waals surface area contributed by atoms with Crippen LogP contribution in [0.3, 0.4) is 0 Å². The first-order valence-electron chi connectivity index (χ1n) is 6.67. The van der Waals surface area contributed by atoms with E-state index in [0.717, 1.165) is 4.68 Å². The summed E-state index contributed by atoms with van der Waals surface area (Å²) in [6.07, 6.45) is -4.59. The van der Waals surface area contributed by atoms with Crippen molar-refractivity contribution >= 4 is 27.7 Å². The smallest absolute Gasteiger partial charge is 0.309 e. The van der Waals surface area contributed by atoms with E-state index in [1.165, 1.54) is 13.8 Å². The lowest BCUT2D eigenvalue weighted by atomic mass is 10.3. The summed E-state index contributed by atoms with van der Waals surface area (Å²) >= 11 is 2.88. The standard InChI is InChI=1S/C14H14BrF3N4O/c1-7-5-4-6-10(19-7)20-13(23)9(3)22-8(2)11(15)12(21-22)14(16,17)18/h4-6,9H,1-3H3,(H,19,20,23). The molecular weight excluding hydrogens is 377 g/mol. The van der Waals surface area contributed by atoms with E-state index in [0.29, 0.717) is 11.5 Å². The van der Waals surface area contributed by atoms with Gasteiger partial charge in [-0.3, -0.25) is 9.48 Å². The van der Waals surface area contributed by atoms with E-state index in [4.69, 9.17) is 0 Å². The zero-order chi connectivity index (χ0) is 17.4.